The monoisotopic (exact) mass is 1030 g/mol. The Morgan fingerprint density at radius 1 is 0.284 bits per heavy atom. The molecule has 1 unspecified atom stereocenters. The van der Waals surface area contributed by atoms with E-state index in [0.29, 0.717) is 19.3 Å². The van der Waals surface area contributed by atoms with Gasteiger partial charge < -0.3 is 14.2 Å². The van der Waals surface area contributed by atoms with Crippen LogP contribution in [0.5, 0.6) is 0 Å². The predicted octanol–water partition coefficient (Wildman–Crippen LogP) is 21.9. The van der Waals surface area contributed by atoms with Gasteiger partial charge in [0.05, 0.1) is 0 Å². The molecule has 6 heteroatoms. The van der Waals surface area contributed by atoms with Crippen LogP contribution in [-0.2, 0) is 28.6 Å². The Morgan fingerprint density at radius 2 is 0.527 bits per heavy atom. The van der Waals surface area contributed by atoms with Gasteiger partial charge in [-0.25, -0.2) is 0 Å². The molecule has 0 bridgehead atoms. The smallest absolute Gasteiger partial charge is 0.306 e. The number of ether oxygens (including phenoxy) is 3. The van der Waals surface area contributed by atoms with Gasteiger partial charge in [0.15, 0.2) is 6.10 Å². The molecule has 74 heavy (non-hydrogen) atoms. The second-order valence-electron chi connectivity index (χ2n) is 21.6. The molecule has 0 aromatic heterocycles. The van der Waals surface area contributed by atoms with E-state index in [1.807, 2.05) is 0 Å². The lowest BCUT2D eigenvalue weighted by atomic mass is 10.0. The molecule has 430 valence electrons. The Labute approximate surface area is 460 Å². The highest BCUT2D eigenvalue weighted by atomic mass is 16.6. The van der Waals surface area contributed by atoms with Gasteiger partial charge in [-0.05, 0) is 83.5 Å². The minimum Gasteiger partial charge on any atom is -0.462 e. The molecule has 0 aromatic rings. The first kappa shape index (κ1) is 71.1. The number of unbranched alkanes of at least 4 members (excludes halogenated alkanes) is 38. The molecule has 0 aliphatic heterocycles. The SMILES string of the molecule is CC/C=C\C/C=C\C/C=C\C/C=C\CCCCCCC(=O)OC(COC(=O)CCCCCCC/C=C\CCCCCCCC)COC(=O)CCCCCCCCCCCCCCCCCCCCCCCCCC. The van der Waals surface area contributed by atoms with E-state index in [1.165, 1.54) is 193 Å². The first-order valence-corrected chi connectivity index (χ1v) is 32.3. The van der Waals surface area contributed by atoms with Crippen LogP contribution in [0.3, 0.4) is 0 Å². The second kappa shape index (κ2) is 62.6. The van der Waals surface area contributed by atoms with Crippen molar-refractivity contribution in [2.75, 3.05) is 13.2 Å². The van der Waals surface area contributed by atoms with Crippen LogP contribution in [0.1, 0.15) is 335 Å². The van der Waals surface area contributed by atoms with Gasteiger partial charge in [-0.3, -0.25) is 14.4 Å². The van der Waals surface area contributed by atoms with Crippen LogP contribution in [0.25, 0.3) is 0 Å². The van der Waals surface area contributed by atoms with Gasteiger partial charge in [0.1, 0.15) is 13.2 Å². The molecule has 0 amide bonds. The van der Waals surface area contributed by atoms with Crippen LogP contribution in [0.15, 0.2) is 60.8 Å². The Balaban J connectivity index is 4.32. The van der Waals surface area contributed by atoms with Crippen molar-refractivity contribution in [3.05, 3.63) is 60.8 Å². The Morgan fingerprint density at radius 3 is 0.838 bits per heavy atom. The number of carbonyl (C=O) groups excluding carboxylic acids is 3. The van der Waals surface area contributed by atoms with E-state index < -0.39 is 6.10 Å². The van der Waals surface area contributed by atoms with Gasteiger partial charge in [0.2, 0.25) is 0 Å². The highest BCUT2D eigenvalue weighted by Crippen LogP contribution is 2.17. The fourth-order valence-corrected chi connectivity index (χ4v) is 9.43. The maximum atomic E-state index is 12.9. The van der Waals surface area contributed by atoms with Crippen LogP contribution >= 0.6 is 0 Å². The zero-order chi connectivity index (χ0) is 53.6. The minimum absolute atomic E-state index is 0.0838. The first-order chi connectivity index (χ1) is 36.5. The summed E-state index contributed by atoms with van der Waals surface area (Å²) in [5.41, 5.74) is 0. The summed E-state index contributed by atoms with van der Waals surface area (Å²) in [6.45, 7) is 6.54. The van der Waals surface area contributed by atoms with Gasteiger partial charge in [-0.15, -0.1) is 0 Å². The quantitative estimate of drug-likeness (QED) is 0.0261. The van der Waals surface area contributed by atoms with Crippen LogP contribution in [-0.4, -0.2) is 37.2 Å². The third-order valence-electron chi connectivity index (χ3n) is 14.3. The molecule has 0 N–H and O–H groups in total. The van der Waals surface area contributed by atoms with Crippen molar-refractivity contribution in [2.45, 2.75) is 341 Å². The molecular weight excluding hydrogens is 913 g/mol. The van der Waals surface area contributed by atoms with E-state index in [9.17, 15) is 14.4 Å². The summed E-state index contributed by atoms with van der Waals surface area (Å²) < 4.78 is 16.9. The molecular formula is C68H122O6. The summed E-state index contributed by atoms with van der Waals surface area (Å²) in [6.07, 6.45) is 79.5. The number of esters is 3. The summed E-state index contributed by atoms with van der Waals surface area (Å²) in [4.78, 5) is 38.3. The lowest BCUT2D eigenvalue weighted by Crippen LogP contribution is -2.30. The van der Waals surface area contributed by atoms with Crippen LogP contribution < -0.4 is 0 Å². The van der Waals surface area contributed by atoms with Crippen LogP contribution in [0.2, 0.25) is 0 Å². The largest absolute Gasteiger partial charge is 0.462 e. The third kappa shape index (κ3) is 60.0. The Kier molecular flexibility index (Phi) is 60.2. The van der Waals surface area contributed by atoms with Crippen LogP contribution in [0, 0.1) is 0 Å². The van der Waals surface area contributed by atoms with Gasteiger partial charge in [-0.1, -0.05) is 293 Å². The molecule has 0 fully saturated rings. The molecule has 1 atom stereocenters. The highest BCUT2D eigenvalue weighted by molar-refractivity contribution is 5.71. The summed E-state index contributed by atoms with van der Waals surface area (Å²) in [6, 6.07) is 0. The van der Waals surface area contributed by atoms with E-state index in [1.54, 1.807) is 0 Å². The molecule has 0 radical (unpaired) electrons. The molecule has 6 nitrogen and oxygen atoms in total. The van der Waals surface area contributed by atoms with Crippen molar-refractivity contribution in [1.29, 1.82) is 0 Å². The highest BCUT2D eigenvalue weighted by Gasteiger charge is 2.19. The van der Waals surface area contributed by atoms with Gasteiger partial charge in [0, 0.05) is 19.3 Å². The zero-order valence-electron chi connectivity index (χ0n) is 49.4. The maximum Gasteiger partial charge on any atom is 0.306 e. The average molecular weight is 1040 g/mol. The lowest BCUT2D eigenvalue weighted by Gasteiger charge is -2.18. The summed E-state index contributed by atoms with van der Waals surface area (Å²) in [7, 11) is 0. The summed E-state index contributed by atoms with van der Waals surface area (Å²) in [5.74, 6) is -0.899. The van der Waals surface area contributed by atoms with Crippen molar-refractivity contribution in [3.8, 4) is 0 Å². The Hall–Kier alpha value is -2.89. The van der Waals surface area contributed by atoms with Crippen molar-refractivity contribution < 1.29 is 28.6 Å². The second-order valence-corrected chi connectivity index (χ2v) is 21.6. The number of hydrogen-bond acceptors (Lipinski definition) is 6. The van der Waals surface area contributed by atoms with Crippen LogP contribution in [0.4, 0.5) is 0 Å². The Bertz CT molecular complexity index is 1330. The van der Waals surface area contributed by atoms with E-state index in [-0.39, 0.29) is 31.1 Å². The number of rotatable bonds is 59. The molecule has 0 spiro atoms. The average Bonchev–Trinajstić information content (AvgIpc) is 3.40. The van der Waals surface area contributed by atoms with Gasteiger partial charge >= 0.3 is 17.9 Å². The summed E-state index contributed by atoms with van der Waals surface area (Å²) in [5, 5.41) is 0. The number of allylic oxidation sites excluding steroid dienone is 10. The number of carbonyl (C=O) groups is 3. The maximum absolute atomic E-state index is 12.9. The van der Waals surface area contributed by atoms with Crippen molar-refractivity contribution in [2.24, 2.45) is 0 Å². The van der Waals surface area contributed by atoms with Crippen molar-refractivity contribution >= 4 is 17.9 Å². The molecule has 0 heterocycles. The zero-order valence-corrected chi connectivity index (χ0v) is 49.4. The summed E-state index contributed by atoms with van der Waals surface area (Å²) >= 11 is 0. The molecule has 0 aliphatic carbocycles. The van der Waals surface area contributed by atoms with Crippen molar-refractivity contribution in [3.63, 3.8) is 0 Å². The van der Waals surface area contributed by atoms with E-state index in [4.69, 9.17) is 14.2 Å². The molecule has 0 rings (SSSR count). The fraction of sp³-hybridized carbons (Fsp3) is 0.809. The van der Waals surface area contributed by atoms with E-state index in [0.717, 1.165) is 103 Å². The van der Waals surface area contributed by atoms with E-state index in [2.05, 4.69) is 81.5 Å². The fourth-order valence-electron chi connectivity index (χ4n) is 9.43. The van der Waals surface area contributed by atoms with Crippen molar-refractivity contribution in [1.82, 2.24) is 0 Å². The standard InChI is InChI=1S/C68H122O6/c1-4-7-10-13-16-19-22-25-28-30-31-32-33-34-35-36-38-40-43-46-49-52-55-58-61-67(70)73-64-65(63-72-66(69)60-57-54-51-48-45-42-39-27-24-21-18-15-12-9-6-3)74-68(71)62-59-56-53-50-47-44-41-37-29-26-23-20-17-14-11-8-5-2/h8,11,17,20,26-27,29,39,41,44,65H,4-7,9-10,12-16,18-19,21-25,28,30-38,40,42-43,45-64H2,1-3H3/b11-8-,20-17-,29-26-,39-27-,44-41-. The normalized spacial score (nSPS) is 12.4. The lowest BCUT2D eigenvalue weighted by molar-refractivity contribution is -0.167. The minimum atomic E-state index is -0.790. The van der Waals surface area contributed by atoms with Gasteiger partial charge in [-0.2, -0.15) is 0 Å². The predicted molar refractivity (Wildman–Crippen MR) is 321 cm³/mol. The molecule has 0 saturated carbocycles. The topological polar surface area (TPSA) is 78.9 Å². The molecule has 0 saturated heterocycles. The van der Waals surface area contributed by atoms with Gasteiger partial charge in [0.25, 0.3) is 0 Å². The third-order valence-corrected chi connectivity index (χ3v) is 14.3. The molecule has 0 aliphatic rings. The van der Waals surface area contributed by atoms with E-state index >= 15 is 0 Å². The molecule has 0 aromatic carbocycles. The number of hydrogen-bond donors (Lipinski definition) is 0. The first-order valence-electron chi connectivity index (χ1n) is 32.3.